The molecule has 1 unspecified atom stereocenters. The third-order valence-corrected chi connectivity index (χ3v) is 3.23. The predicted molar refractivity (Wildman–Crippen MR) is 72.5 cm³/mol. The summed E-state index contributed by atoms with van der Waals surface area (Å²) in [6, 6.07) is 10.1. The number of aromatic nitrogens is 1. The fourth-order valence-corrected chi connectivity index (χ4v) is 1.89. The fraction of sp³-hybridized carbons (Fsp3) is 0.214. The van der Waals surface area contributed by atoms with Crippen molar-refractivity contribution in [3.05, 3.63) is 58.9 Å². The number of hydrogen-bond donors (Lipinski definition) is 1. The maximum atomic E-state index is 6.09. The minimum Gasteiger partial charge on any atom is -0.378 e. The lowest BCUT2D eigenvalue weighted by molar-refractivity contribution is 0.874. The highest BCUT2D eigenvalue weighted by atomic mass is 35.5. The second-order valence-electron chi connectivity index (χ2n) is 4.06. The maximum Gasteiger partial charge on any atom is 0.0500 e. The average molecular weight is 247 g/mol. The molecule has 1 N–H and O–H groups in total. The van der Waals surface area contributed by atoms with Crippen molar-refractivity contribution in [2.75, 3.05) is 5.32 Å². The molecule has 0 aliphatic heterocycles. The number of hydrogen-bond acceptors (Lipinski definition) is 2. The van der Waals surface area contributed by atoms with E-state index in [4.69, 9.17) is 11.6 Å². The van der Waals surface area contributed by atoms with Crippen LogP contribution >= 0.6 is 11.6 Å². The van der Waals surface area contributed by atoms with Gasteiger partial charge in [0.25, 0.3) is 0 Å². The molecule has 0 amide bonds. The smallest absolute Gasteiger partial charge is 0.0500 e. The molecule has 1 aromatic carbocycles. The van der Waals surface area contributed by atoms with Gasteiger partial charge in [0.1, 0.15) is 0 Å². The van der Waals surface area contributed by atoms with E-state index in [9.17, 15) is 0 Å². The molecule has 3 heteroatoms. The van der Waals surface area contributed by atoms with Crippen LogP contribution in [-0.2, 0) is 0 Å². The first kappa shape index (κ1) is 11.9. The molecule has 17 heavy (non-hydrogen) atoms. The number of anilines is 1. The Hall–Kier alpha value is -1.54. The van der Waals surface area contributed by atoms with Gasteiger partial charge in [0.05, 0.1) is 6.04 Å². The summed E-state index contributed by atoms with van der Waals surface area (Å²) in [5.41, 5.74) is 3.30. The summed E-state index contributed by atoms with van der Waals surface area (Å²) < 4.78 is 0. The Labute approximate surface area is 107 Å². The van der Waals surface area contributed by atoms with E-state index in [1.807, 2.05) is 37.4 Å². The number of benzene rings is 1. The Bertz CT molecular complexity index is 497. The van der Waals surface area contributed by atoms with Crippen LogP contribution in [0.25, 0.3) is 0 Å². The van der Waals surface area contributed by atoms with Crippen LogP contribution in [0.5, 0.6) is 0 Å². The monoisotopic (exact) mass is 246 g/mol. The van der Waals surface area contributed by atoms with Crippen molar-refractivity contribution in [2.45, 2.75) is 19.9 Å². The molecule has 0 bridgehead atoms. The van der Waals surface area contributed by atoms with Crippen LogP contribution < -0.4 is 5.32 Å². The highest BCUT2D eigenvalue weighted by Gasteiger charge is 2.07. The van der Waals surface area contributed by atoms with Crippen molar-refractivity contribution < 1.29 is 0 Å². The molecule has 0 aliphatic rings. The van der Waals surface area contributed by atoms with E-state index in [2.05, 4.69) is 23.3 Å². The molecule has 0 saturated heterocycles. The summed E-state index contributed by atoms with van der Waals surface area (Å²) >= 11 is 6.09. The van der Waals surface area contributed by atoms with Crippen molar-refractivity contribution >= 4 is 17.3 Å². The Morgan fingerprint density at radius 3 is 2.76 bits per heavy atom. The first-order valence-electron chi connectivity index (χ1n) is 5.60. The molecule has 2 nitrogen and oxygen atoms in total. The first-order valence-corrected chi connectivity index (χ1v) is 5.98. The van der Waals surface area contributed by atoms with Crippen molar-refractivity contribution in [1.29, 1.82) is 0 Å². The van der Waals surface area contributed by atoms with Gasteiger partial charge in [-0.2, -0.15) is 0 Å². The van der Waals surface area contributed by atoms with E-state index in [0.29, 0.717) is 0 Å². The van der Waals surface area contributed by atoms with Crippen LogP contribution in [0.15, 0.2) is 42.7 Å². The van der Waals surface area contributed by atoms with Crippen LogP contribution in [-0.4, -0.2) is 4.98 Å². The molecule has 1 heterocycles. The van der Waals surface area contributed by atoms with Gasteiger partial charge >= 0.3 is 0 Å². The highest BCUT2D eigenvalue weighted by Crippen LogP contribution is 2.26. The van der Waals surface area contributed by atoms with Gasteiger partial charge in [-0.15, -0.1) is 0 Å². The summed E-state index contributed by atoms with van der Waals surface area (Å²) in [7, 11) is 0. The molecule has 1 atom stereocenters. The van der Waals surface area contributed by atoms with Crippen molar-refractivity contribution in [1.82, 2.24) is 4.98 Å². The Balaban J connectivity index is 2.19. The van der Waals surface area contributed by atoms with Crippen molar-refractivity contribution in [3.8, 4) is 0 Å². The number of rotatable bonds is 3. The summed E-state index contributed by atoms with van der Waals surface area (Å²) in [6.07, 6.45) is 3.65. The molecule has 0 saturated carbocycles. The molecule has 2 aromatic rings. The number of pyridine rings is 1. The van der Waals surface area contributed by atoms with Crippen LogP contribution in [0.1, 0.15) is 24.1 Å². The molecule has 0 aliphatic carbocycles. The normalized spacial score (nSPS) is 12.2. The lowest BCUT2D eigenvalue weighted by atomic mass is 10.1. The van der Waals surface area contributed by atoms with Crippen LogP contribution in [0.3, 0.4) is 0 Å². The van der Waals surface area contributed by atoms with Crippen LogP contribution in [0, 0.1) is 6.92 Å². The molecule has 88 valence electrons. The number of nitrogens with zero attached hydrogens (tertiary/aromatic N) is 1. The van der Waals surface area contributed by atoms with E-state index < -0.39 is 0 Å². The van der Waals surface area contributed by atoms with Crippen LogP contribution in [0.4, 0.5) is 5.69 Å². The Morgan fingerprint density at radius 2 is 2.06 bits per heavy atom. The van der Waals surface area contributed by atoms with Gasteiger partial charge in [-0.3, -0.25) is 4.98 Å². The van der Waals surface area contributed by atoms with E-state index in [1.54, 1.807) is 6.20 Å². The first-order chi connectivity index (χ1) is 8.18. The third kappa shape index (κ3) is 2.77. The van der Waals surface area contributed by atoms with Gasteiger partial charge in [0.15, 0.2) is 0 Å². The third-order valence-electron chi connectivity index (χ3n) is 2.82. The summed E-state index contributed by atoms with van der Waals surface area (Å²) in [5, 5.41) is 4.23. The zero-order chi connectivity index (χ0) is 12.3. The minimum absolute atomic E-state index is 0.209. The van der Waals surface area contributed by atoms with Crippen molar-refractivity contribution in [3.63, 3.8) is 0 Å². The van der Waals surface area contributed by atoms with Gasteiger partial charge in [-0.05, 0) is 43.2 Å². The lowest BCUT2D eigenvalue weighted by Crippen LogP contribution is -2.07. The molecular formula is C14H15ClN2. The van der Waals surface area contributed by atoms with E-state index in [1.165, 1.54) is 0 Å². The van der Waals surface area contributed by atoms with Gasteiger partial charge < -0.3 is 5.32 Å². The van der Waals surface area contributed by atoms with E-state index in [0.717, 1.165) is 21.8 Å². The van der Waals surface area contributed by atoms with Crippen molar-refractivity contribution in [2.24, 2.45) is 0 Å². The summed E-state index contributed by atoms with van der Waals surface area (Å²) in [5.74, 6) is 0. The topological polar surface area (TPSA) is 24.9 Å². The Kier molecular flexibility index (Phi) is 3.64. The molecule has 0 radical (unpaired) electrons. The fourth-order valence-electron chi connectivity index (χ4n) is 1.71. The largest absolute Gasteiger partial charge is 0.378 e. The Morgan fingerprint density at radius 1 is 1.24 bits per heavy atom. The van der Waals surface area contributed by atoms with Gasteiger partial charge in [-0.1, -0.05) is 23.7 Å². The zero-order valence-corrected chi connectivity index (χ0v) is 10.7. The van der Waals surface area contributed by atoms with Gasteiger partial charge in [0, 0.05) is 23.1 Å². The molecule has 0 fully saturated rings. The van der Waals surface area contributed by atoms with Crippen LogP contribution in [0.2, 0.25) is 5.02 Å². The zero-order valence-electron chi connectivity index (χ0n) is 9.94. The summed E-state index contributed by atoms with van der Waals surface area (Å²) in [6.45, 7) is 4.12. The quantitative estimate of drug-likeness (QED) is 0.877. The molecule has 2 rings (SSSR count). The van der Waals surface area contributed by atoms with Gasteiger partial charge in [0.2, 0.25) is 0 Å². The standard InChI is InChI=1S/C14H15ClN2/c1-10-13(15)6-3-7-14(10)17-11(2)12-5-4-8-16-9-12/h3-9,11,17H,1-2H3. The highest BCUT2D eigenvalue weighted by molar-refractivity contribution is 6.31. The second-order valence-corrected chi connectivity index (χ2v) is 4.47. The second kappa shape index (κ2) is 5.19. The van der Waals surface area contributed by atoms with E-state index >= 15 is 0 Å². The summed E-state index contributed by atoms with van der Waals surface area (Å²) in [4.78, 5) is 4.12. The SMILES string of the molecule is Cc1c(Cl)cccc1NC(C)c1cccnc1. The maximum absolute atomic E-state index is 6.09. The molecular weight excluding hydrogens is 232 g/mol. The molecule has 0 spiro atoms. The number of halogens is 1. The predicted octanol–water partition coefficient (Wildman–Crippen LogP) is 4.22. The van der Waals surface area contributed by atoms with E-state index in [-0.39, 0.29) is 6.04 Å². The lowest BCUT2D eigenvalue weighted by Gasteiger charge is -2.17. The minimum atomic E-state index is 0.209. The molecule has 1 aromatic heterocycles. The van der Waals surface area contributed by atoms with Gasteiger partial charge in [-0.25, -0.2) is 0 Å². The number of nitrogens with one attached hydrogen (secondary N) is 1. The average Bonchev–Trinajstić information content (AvgIpc) is 2.36.